The molecule has 0 saturated heterocycles. The van der Waals surface area contributed by atoms with E-state index in [0.29, 0.717) is 16.5 Å². The van der Waals surface area contributed by atoms with Gasteiger partial charge in [-0.25, -0.2) is 4.98 Å². The van der Waals surface area contributed by atoms with Crippen molar-refractivity contribution in [2.45, 2.75) is 19.8 Å². The van der Waals surface area contributed by atoms with Crippen LogP contribution in [0.25, 0.3) is 0 Å². The lowest BCUT2D eigenvalue weighted by atomic mass is 10.0. The molecule has 0 aliphatic carbocycles. The molecule has 1 aromatic heterocycles. The predicted molar refractivity (Wildman–Crippen MR) is 95.7 cm³/mol. The smallest absolute Gasteiger partial charge is 0.267 e. The Labute approximate surface area is 146 Å². The van der Waals surface area contributed by atoms with Crippen molar-refractivity contribution in [3.8, 4) is 6.07 Å². The summed E-state index contributed by atoms with van der Waals surface area (Å²) in [6.07, 6.45) is 2.80. The topological polar surface area (TPSA) is 77.8 Å². The highest BCUT2D eigenvalue weighted by Crippen LogP contribution is 2.24. The number of pyridine rings is 1. The maximum Gasteiger partial charge on any atom is 0.267 e. The van der Waals surface area contributed by atoms with Crippen molar-refractivity contribution in [1.29, 1.82) is 5.26 Å². The molecular weight excluding hydrogens is 324 g/mol. The summed E-state index contributed by atoms with van der Waals surface area (Å²) >= 11 is 5.76. The summed E-state index contributed by atoms with van der Waals surface area (Å²) in [6.45, 7) is 4.08. The van der Waals surface area contributed by atoms with Gasteiger partial charge in [-0.2, -0.15) is 5.26 Å². The standard InChI is InChI=1S/C18H17ClN4O/c1-12(2)15-5-3-4-6-16(15)23-18(24)13(9-20)10-21-17-8-7-14(19)11-22-17/h3-8,10-12H,1-2H3,(H,21,22)(H,23,24)/b13-10-. The Kier molecular flexibility index (Phi) is 5.94. The van der Waals surface area contributed by atoms with Crippen molar-refractivity contribution in [3.05, 3.63) is 65.0 Å². The van der Waals surface area contributed by atoms with Crippen LogP contribution in [0.4, 0.5) is 11.5 Å². The van der Waals surface area contributed by atoms with E-state index >= 15 is 0 Å². The molecule has 0 radical (unpaired) electrons. The first kappa shape index (κ1) is 17.5. The van der Waals surface area contributed by atoms with Crippen LogP contribution in [0.5, 0.6) is 0 Å². The summed E-state index contributed by atoms with van der Waals surface area (Å²) in [5, 5.41) is 15.3. The Hall–Kier alpha value is -2.84. The van der Waals surface area contributed by atoms with Crippen LogP contribution in [0.15, 0.2) is 54.4 Å². The minimum atomic E-state index is -0.480. The maximum absolute atomic E-state index is 12.3. The first-order chi connectivity index (χ1) is 11.5. The monoisotopic (exact) mass is 340 g/mol. The van der Waals surface area contributed by atoms with Gasteiger partial charge in [-0.1, -0.05) is 43.6 Å². The molecule has 1 aromatic carbocycles. The molecule has 1 heterocycles. The maximum atomic E-state index is 12.3. The van der Waals surface area contributed by atoms with Crippen molar-refractivity contribution in [3.63, 3.8) is 0 Å². The van der Waals surface area contributed by atoms with Gasteiger partial charge in [0, 0.05) is 18.1 Å². The summed E-state index contributed by atoms with van der Waals surface area (Å²) in [6, 6.07) is 12.7. The van der Waals surface area contributed by atoms with Gasteiger partial charge >= 0.3 is 0 Å². The number of carbonyl (C=O) groups is 1. The van der Waals surface area contributed by atoms with Crippen LogP contribution >= 0.6 is 11.6 Å². The molecule has 0 bridgehead atoms. The molecule has 0 atom stereocenters. The Bertz CT molecular complexity index is 791. The number of carbonyl (C=O) groups excluding carboxylic acids is 1. The molecule has 0 fully saturated rings. The average Bonchev–Trinajstić information content (AvgIpc) is 2.57. The summed E-state index contributed by atoms with van der Waals surface area (Å²) in [4.78, 5) is 16.3. The number of hydrogen-bond donors (Lipinski definition) is 2. The van der Waals surface area contributed by atoms with Crippen molar-refractivity contribution in [2.24, 2.45) is 0 Å². The minimum absolute atomic E-state index is 0.0506. The van der Waals surface area contributed by atoms with E-state index in [2.05, 4.69) is 15.6 Å². The summed E-state index contributed by atoms with van der Waals surface area (Å²) in [7, 11) is 0. The zero-order chi connectivity index (χ0) is 17.5. The normalized spacial score (nSPS) is 11.0. The molecule has 0 aliphatic heterocycles. The molecule has 0 saturated carbocycles. The van der Waals surface area contributed by atoms with E-state index in [1.807, 2.05) is 44.2 Å². The number of anilines is 2. The molecule has 2 rings (SSSR count). The van der Waals surface area contributed by atoms with E-state index < -0.39 is 5.91 Å². The summed E-state index contributed by atoms with van der Waals surface area (Å²) in [5.74, 6) is 0.266. The Morgan fingerprint density at radius 3 is 2.67 bits per heavy atom. The lowest BCUT2D eigenvalue weighted by Crippen LogP contribution is -2.16. The number of rotatable bonds is 5. The van der Waals surface area contributed by atoms with Gasteiger partial charge < -0.3 is 10.6 Å². The number of benzene rings is 1. The SMILES string of the molecule is CC(C)c1ccccc1NC(=O)/C(C#N)=C\Nc1ccc(Cl)cn1. The molecule has 0 aliphatic rings. The molecule has 0 unspecified atom stereocenters. The van der Waals surface area contributed by atoms with Crippen molar-refractivity contribution >= 4 is 29.0 Å². The average molecular weight is 341 g/mol. The van der Waals surface area contributed by atoms with Gasteiger partial charge in [0.25, 0.3) is 5.91 Å². The molecule has 0 spiro atoms. The van der Waals surface area contributed by atoms with Crippen molar-refractivity contribution < 1.29 is 4.79 Å². The van der Waals surface area contributed by atoms with Crippen LogP contribution in [0.1, 0.15) is 25.3 Å². The molecule has 2 N–H and O–H groups in total. The number of amides is 1. The first-order valence-electron chi connectivity index (χ1n) is 7.40. The highest BCUT2D eigenvalue weighted by Gasteiger charge is 2.13. The number of para-hydroxylation sites is 1. The van der Waals surface area contributed by atoms with E-state index in [9.17, 15) is 10.1 Å². The van der Waals surface area contributed by atoms with Crippen LogP contribution in [-0.2, 0) is 4.79 Å². The molecule has 24 heavy (non-hydrogen) atoms. The van der Waals surface area contributed by atoms with Crippen LogP contribution < -0.4 is 10.6 Å². The fourth-order valence-electron chi connectivity index (χ4n) is 2.06. The lowest BCUT2D eigenvalue weighted by Gasteiger charge is -2.13. The third-order valence-electron chi connectivity index (χ3n) is 3.29. The van der Waals surface area contributed by atoms with E-state index in [1.54, 1.807) is 12.1 Å². The van der Waals surface area contributed by atoms with Crippen molar-refractivity contribution in [2.75, 3.05) is 10.6 Å². The predicted octanol–water partition coefficient (Wildman–Crippen LogP) is 4.32. The second-order valence-corrected chi connectivity index (χ2v) is 5.81. The Morgan fingerprint density at radius 2 is 2.04 bits per heavy atom. The minimum Gasteiger partial charge on any atom is -0.345 e. The van der Waals surface area contributed by atoms with Crippen molar-refractivity contribution in [1.82, 2.24) is 4.98 Å². The molecule has 6 heteroatoms. The quantitative estimate of drug-likeness (QED) is 0.627. The zero-order valence-electron chi connectivity index (χ0n) is 13.4. The number of hydrogen-bond acceptors (Lipinski definition) is 4. The second kappa shape index (κ2) is 8.14. The first-order valence-corrected chi connectivity index (χ1v) is 7.77. The highest BCUT2D eigenvalue weighted by atomic mass is 35.5. The third-order valence-corrected chi connectivity index (χ3v) is 3.51. The van der Waals surface area contributed by atoms with Crippen LogP contribution in [-0.4, -0.2) is 10.9 Å². The van der Waals surface area contributed by atoms with Crippen LogP contribution in [0, 0.1) is 11.3 Å². The van der Waals surface area contributed by atoms with E-state index in [0.717, 1.165) is 5.56 Å². The highest BCUT2D eigenvalue weighted by molar-refractivity contribution is 6.30. The number of nitrogens with one attached hydrogen (secondary N) is 2. The molecular formula is C18H17ClN4O. The molecule has 1 amide bonds. The largest absolute Gasteiger partial charge is 0.345 e. The second-order valence-electron chi connectivity index (χ2n) is 5.37. The van der Waals surface area contributed by atoms with E-state index in [1.165, 1.54) is 12.4 Å². The number of aromatic nitrogens is 1. The van der Waals surface area contributed by atoms with Gasteiger partial charge in [-0.15, -0.1) is 0 Å². The number of nitriles is 1. The van der Waals surface area contributed by atoms with E-state index in [4.69, 9.17) is 11.6 Å². The Morgan fingerprint density at radius 1 is 1.29 bits per heavy atom. The zero-order valence-corrected chi connectivity index (χ0v) is 14.1. The summed E-state index contributed by atoms with van der Waals surface area (Å²) < 4.78 is 0. The molecule has 2 aromatic rings. The van der Waals surface area contributed by atoms with Gasteiger partial charge in [-0.3, -0.25) is 4.79 Å². The van der Waals surface area contributed by atoms with Gasteiger partial charge in [0.1, 0.15) is 17.5 Å². The molecule has 122 valence electrons. The summed E-state index contributed by atoms with van der Waals surface area (Å²) in [5.41, 5.74) is 1.66. The molecule has 5 nitrogen and oxygen atoms in total. The fourth-order valence-corrected chi connectivity index (χ4v) is 2.17. The van der Waals surface area contributed by atoms with Gasteiger partial charge in [0.15, 0.2) is 0 Å². The third kappa shape index (κ3) is 4.58. The van der Waals surface area contributed by atoms with Crippen LogP contribution in [0.3, 0.4) is 0 Å². The van der Waals surface area contributed by atoms with Gasteiger partial charge in [0.05, 0.1) is 5.02 Å². The fraction of sp³-hybridized carbons (Fsp3) is 0.167. The van der Waals surface area contributed by atoms with E-state index in [-0.39, 0.29) is 11.5 Å². The Balaban J connectivity index is 2.13. The number of halogens is 1. The lowest BCUT2D eigenvalue weighted by molar-refractivity contribution is -0.112. The van der Waals surface area contributed by atoms with Crippen LogP contribution in [0.2, 0.25) is 5.02 Å². The number of nitrogens with zero attached hydrogens (tertiary/aromatic N) is 2. The van der Waals surface area contributed by atoms with Gasteiger partial charge in [0.2, 0.25) is 0 Å². The van der Waals surface area contributed by atoms with Gasteiger partial charge in [-0.05, 0) is 29.7 Å².